The minimum absolute atomic E-state index is 0.0567. The van der Waals surface area contributed by atoms with Crippen LogP contribution in [-0.4, -0.2) is 36.7 Å². The molecule has 0 aliphatic heterocycles. The predicted octanol–water partition coefficient (Wildman–Crippen LogP) is 3.90. The van der Waals surface area contributed by atoms with E-state index in [-0.39, 0.29) is 18.1 Å². The van der Waals surface area contributed by atoms with Crippen molar-refractivity contribution in [1.82, 2.24) is 0 Å². The summed E-state index contributed by atoms with van der Waals surface area (Å²) in [6, 6.07) is 26.2. The fraction of sp³-hybridized carbons (Fsp3) is 0.345. The van der Waals surface area contributed by atoms with Crippen molar-refractivity contribution in [3.63, 3.8) is 0 Å². The number of rotatable bonds is 6. The van der Waals surface area contributed by atoms with Gasteiger partial charge in [0.05, 0.1) is 6.61 Å². The number of ether oxygens (including phenoxy) is 1. The largest absolute Gasteiger partial charge is 0.534 e. The lowest BCUT2D eigenvalue weighted by molar-refractivity contribution is -0.181. The van der Waals surface area contributed by atoms with E-state index < -0.39 is 26.0 Å². The lowest BCUT2D eigenvalue weighted by Gasteiger charge is -2.44. The Bertz CT molecular complexity index is 1130. The number of benzene rings is 3. The smallest absolute Gasteiger partial charge is 0.341 e. The van der Waals surface area contributed by atoms with Gasteiger partial charge in [-0.25, -0.2) is 4.79 Å². The van der Waals surface area contributed by atoms with Crippen molar-refractivity contribution in [2.45, 2.75) is 57.3 Å². The van der Waals surface area contributed by atoms with Gasteiger partial charge in [-0.05, 0) is 52.4 Å². The van der Waals surface area contributed by atoms with Crippen LogP contribution >= 0.6 is 0 Å². The fourth-order valence-electron chi connectivity index (χ4n) is 5.20. The van der Waals surface area contributed by atoms with Gasteiger partial charge in [0.15, 0.2) is 5.60 Å². The Balaban J connectivity index is 1.87. The van der Waals surface area contributed by atoms with Gasteiger partial charge in [0, 0.05) is 0 Å². The lowest BCUT2D eigenvalue weighted by atomic mass is 9.77. The first-order chi connectivity index (χ1) is 16.6. The third-order valence-corrected chi connectivity index (χ3v) is 11.9. The van der Waals surface area contributed by atoms with E-state index in [1.165, 1.54) is 0 Å². The van der Waals surface area contributed by atoms with Crippen LogP contribution < -0.4 is 14.8 Å². The number of carbonyl (C=O) groups is 1. The first kappa shape index (κ1) is 25.2. The summed E-state index contributed by atoms with van der Waals surface area (Å²) >= 11 is 0. The van der Waals surface area contributed by atoms with Crippen molar-refractivity contribution in [2.24, 2.45) is 0 Å². The molecule has 184 valence electrons. The van der Waals surface area contributed by atoms with E-state index in [1.807, 2.05) is 48.5 Å². The number of fused-ring (bicyclic) bond motifs is 1. The topological polar surface area (TPSA) is 76.0 Å². The lowest BCUT2D eigenvalue weighted by Crippen LogP contribution is -2.69. The molecule has 0 amide bonds. The second kappa shape index (κ2) is 9.61. The number of aliphatic hydroxyl groups excluding tert-OH is 1. The Hall–Kier alpha value is -2.93. The molecule has 6 heteroatoms. The summed E-state index contributed by atoms with van der Waals surface area (Å²) in [4.78, 5) is 12.5. The number of hydrogen-bond donors (Lipinski definition) is 2. The Labute approximate surface area is 208 Å². The Morgan fingerprint density at radius 2 is 1.54 bits per heavy atom. The van der Waals surface area contributed by atoms with Crippen LogP contribution in [-0.2, 0) is 16.0 Å². The van der Waals surface area contributed by atoms with Crippen LogP contribution in [0.4, 0.5) is 0 Å². The standard InChI is InChI=1S/C29H34O5Si/c1-5-33-27(31)29(32)20-19-23-24(26(29)30)17-12-18-25(23)34-35(28(2,3)4,21-13-8-6-9-14-21)22-15-10-7-11-16-22/h6-18,26,30,32H,5,19-20H2,1-4H3/t26-,29+/m1/s1. The molecule has 0 heterocycles. The van der Waals surface area contributed by atoms with Crippen molar-refractivity contribution >= 4 is 24.7 Å². The van der Waals surface area contributed by atoms with E-state index >= 15 is 0 Å². The van der Waals surface area contributed by atoms with Gasteiger partial charge in [-0.2, -0.15) is 0 Å². The third-order valence-electron chi connectivity index (χ3n) is 6.98. The molecule has 35 heavy (non-hydrogen) atoms. The van der Waals surface area contributed by atoms with Gasteiger partial charge in [-0.3, -0.25) is 0 Å². The van der Waals surface area contributed by atoms with E-state index in [0.717, 1.165) is 15.9 Å². The number of esters is 1. The van der Waals surface area contributed by atoms with Crippen LogP contribution in [0.3, 0.4) is 0 Å². The molecular weight excluding hydrogens is 456 g/mol. The van der Waals surface area contributed by atoms with Gasteiger partial charge >= 0.3 is 14.3 Å². The van der Waals surface area contributed by atoms with Crippen LogP contribution in [0, 0.1) is 0 Å². The quantitative estimate of drug-likeness (QED) is 0.405. The maximum atomic E-state index is 12.5. The molecule has 0 unspecified atom stereocenters. The van der Waals surface area contributed by atoms with Crippen molar-refractivity contribution in [2.75, 3.05) is 6.61 Å². The molecule has 0 aromatic heterocycles. The summed E-state index contributed by atoms with van der Waals surface area (Å²) in [5.41, 5.74) is -0.650. The molecule has 1 aliphatic carbocycles. The minimum Gasteiger partial charge on any atom is -0.534 e. The van der Waals surface area contributed by atoms with Crippen molar-refractivity contribution in [1.29, 1.82) is 0 Å². The average molecular weight is 491 g/mol. The second-order valence-electron chi connectivity index (χ2n) is 10.1. The zero-order valence-corrected chi connectivity index (χ0v) is 21.8. The van der Waals surface area contributed by atoms with E-state index in [2.05, 4.69) is 45.0 Å². The van der Waals surface area contributed by atoms with Gasteiger partial charge in [0.1, 0.15) is 11.9 Å². The Kier molecular flexibility index (Phi) is 6.91. The number of hydrogen-bond acceptors (Lipinski definition) is 5. The molecule has 0 bridgehead atoms. The average Bonchev–Trinajstić information content (AvgIpc) is 2.85. The summed E-state index contributed by atoms with van der Waals surface area (Å²) < 4.78 is 12.3. The SMILES string of the molecule is CCOC(=O)[C@]1(O)CCc2c(O[Si](c3ccccc3)(c3ccccc3)C(C)(C)C)cccc2[C@H]1O. The highest BCUT2D eigenvalue weighted by Crippen LogP contribution is 2.44. The molecule has 0 spiro atoms. The summed E-state index contributed by atoms with van der Waals surface area (Å²) in [5.74, 6) is -0.113. The zero-order valence-electron chi connectivity index (χ0n) is 20.8. The Morgan fingerprint density at radius 3 is 2.06 bits per heavy atom. The number of carbonyl (C=O) groups excluding carboxylic acids is 1. The highest BCUT2D eigenvalue weighted by Gasteiger charge is 2.53. The van der Waals surface area contributed by atoms with E-state index in [0.29, 0.717) is 17.7 Å². The van der Waals surface area contributed by atoms with Crippen LogP contribution in [0.15, 0.2) is 78.9 Å². The van der Waals surface area contributed by atoms with Crippen LogP contribution in [0.25, 0.3) is 0 Å². The van der Waals surface area contributed by atoms with Crippen LogP contribution in [0.5, 0.6) is 5.75 Å². The third kappa shape index (κ3) is 4.31. The van der Waals surface area contributed by atoms with Crippen molar-refractivity contribution < 1.29 is 24.2 Å². The molecular formula is C29H34O5Si. The van der Waals surface area contributed by atoms with Gasteiger partial charge in [-0.15, -0.1) is 0 Å². The zero-order chi connectivity index (χ0) is 25.3. The van der Waals surface area contributed by atoms with Crippen LogP contribution in [0.2, 0.25) is 5.04 Å². The first-order valence-electron chi connectivity index (χ1n) is 12.1. The van der Waals surface area contributed by atoms with Crippen LogP contribution in [0.1, 0.15) is 51.3 Å². The van der Waals surface area contributed by atoms with Gasteiger partial charge in [-0.1, -0.05) is 93.6 Å². The minimum atomic E-state index is -2.88. The molecule has 3 aromatic carbocycles. The van der Waals surface area contributed by atoms with E-state index in [4.69, 9.17) is 9.16 Å². The van der Waals surface area contributed by atoms with Gasteiger partial charge in [0.25, 0.3) is 0 Å². The summed E-state index contributed by atoms with van der Waals surface area (Å²) in [7, 11) is -2.88. The van der Waals surface area contributed by atoms with E-state index in [9.17, 15) is 15.0 Å². The highest BCUT2D eigenvalue weighted by atomic mass is 28.4. The molecule has 0 radical (unpaired) electrons. The van der Waals surface area contributed by atoms with Crippen molar-refractivity contribution in [3.05, 3.63) is 90.0 Å². The molecule has 1 aliphatic rings. The molecule has 0 fully saturated rings. The molecule has 2 atom stereocenters. The second-order valence-corrected chi connectivity index (χ2v) is 14.4. The summed E-state index contributed by atoms with van der Waals surface area (Å²) in [6.45, 7) is 8.45. The molecule has 2 N–H and O–H groups in total. The summed E-state index contributed by atoms with van der Waals surface area (Å²) in [5, 5.41) is 24.2. The molecule has 0 saturated carbocycles. The normalized spacial score (nSPS) is 20.1. The fourth-order valence-corrected chi connectivity index (χ4v) is 9.65. The van der Waals surface area contributed by atoms with E-state index in [1.54, 1.807) is 13.0 Å². The maximum Gasteiger partial charge on any atom is 0.341 e. The monoisotopic (exact) mass is 490 g/mol. The predicted molar refractivity (Wildman–Crippen MR) is 140 cm³/mol. The first-order valence-corrected chi connectivity index (χ1v) is 14.1. The summed E-state index contributed by atoms with van der Waals surface area (Å²) in [6.07, 6.45) is -0.954. The van der Waals surface area contributed by atoms with Gasteiger partial charge < -0.3 is 19.4 Å². The maximum absolute atomic E-state index is 12.5. The highest BCUT2D eigenvalue weighted by molar-refractivity contribution is 7.00. The van der Waals surface area contributed by atoms with Crippen molar-refractivity contribution in [3.8, 4) is 5.75 Å². The molecule has 3 aromatic rings. The molecule has 0 saturated heterocycles. The van der Waals surface area contributed by atoms with Gasteiger partial charge in [0.2, 0.25) is 0 Å². The number of aliphatic hydroxyl groups is 2. The molecule has 4 rings (SSSR count). The Morgan fingerprint density at radius 1 is 0.971 bits per heavy atom. The molecule has 5 nitrogen and oxygen atoms in total.